The van der Waals surface area contributed by atoms with Gasteiger partial charge < -0.3 is 50.6 Å². The third-order valence-electron chi connectivity index (χ3n) is 23.8. The summed E-state index contributed by atoms with van der Waals surface area (Å²) in [5.41, 5.74) is 30.0. The van der Waals surface area contributed by atoms with E-state index in [0.717, 1.165) is 189 Å². The second kappa shape index (κ2) is 43.4. The van der Waals surface area contributed by atoms with E-state index in [9.17, 15) is 38.4 Å². The van der Waals surface area contributed by atoms with Crippen molar-refractivity contribution in [1.82, 2.24) is 55.9 Å². The fourth-order valence-corrected chi connectivity index (χ4v) is 17.5. The molecule has 0 bridgehead atoms. The molecule has 0 spiro atoms. The summed E-state index contributed by atoms with van der Waals surface area (Å²) in [7, 11) is 7.03. The molecule has 27 heteroatoms. The van der Waals surface area contributed by atoms with Gasteiger partial charge in [0.05, 0.1) is 63.1 Å². The van der Waals surface area contributed by atoms with Gasteiger partial charge in [0.1, 0.15) is 30.3 Å². The number of benzene rings is 7. The van der Waals surface area contributed by atoms with Crippen molar-refractivity contribution < 1.29 is 62.4 Å². The van der Waals surface area contributed by atoms with E-state index in [-0.39, 0.29) is 43.1 Å². The van der Waals surface area contributed by atoms with Crippen molar-refractivity contribution in [2.75, 3.05) is 53.1 Å². The largest absolute Gasteiger partial charge is 0.494 e. The van der Waals surface area contributed by atoms with Gasteiger partial charge in [0.2, 0.25) is 29.5 Å². The Morgan fingerprint density at radius 2 is 0.742 bits per heavy atom. The molecule has 24 nitrogen and oxygen atoms in total. The van der Waals surface area contributed by atoms with Gasteiger partial charge in [0.15, 0.2) is 5.78 Å². The van der Waals surface area contributed by atoms with E-state index in [4.69, 9.17) is 54.1 Å². The second-order valence-corrected chi connectivity index (χ2v) is 33.9. The molecule has 0 radical (unpaired) electrons. The summed E-state index contributed by atoms with van der Waals surface area (Å²) in [6.45, 7) is 25.9. The van der Waals surface area contributed by atoms with Gasteiger partial charge in [-0.1, -0.05) is 127 Å². The number of amides is 5. The summed E-state index contributed by atoms with van der Waals surface area (Å²) in [4.78, 5) is 101. The molecular formula is C101H114Cl3N11O13. The van der Waals surface area contributed by atoms with Crippen molar-refractivity contribution in [1.29, 1.82) is 0 Å². The number of aliphatic carboxylic acids is 1. The number of carboxylic acids is 1. The van der Waals surface area contributed by atoms with Crippen LogP contribution >= 0.6 is 34.8 Å². The lowest BCUT2D eigenvalue weighted by molar-refractivity contribution is -0.141. The number of carbonyl (C=O) groups excluding carboxylic acids is 7. The molecule has 10 aromatic rings. The first-order valence-corrected chi connectivity index (χ1v) is 44.2. The molecule has 7 aromatic carbocycles. The summed E-state index contributed by atoms with van der Waals surface area (Å²) in [6, 6.07) is 38.9. The SMILES string of the molecule is CCC(=O)[C@H](Cc1ccccc1)NC(=O)CNC(=O)C1=C(CCCOc2cc(C)c(Cl)c(C)c2)c2cccc(-c3c(C)nn(C)c3C)c2C1.COC(=O)CNC(=O)CNC(=O)C1=C(CCCOc2cc(C)c(Cl)c(C)c2)c2cccc(-c3c(C)nn(C)c3C)c2C1.Cc1cc(OCCCC2=C(C(=O)NCC(=O)O)Cc3c2cccc3-c2c(C)nn(C)c2C)cc(C)c1Cl. The molecule has 3 aliphatic carbocycles. The lowest BCUT2D eigenvalue weighted by Crippen LogP contribution is -2.46. The van der Waals surface area contributed by atoms with Gasteiger partial charge in [-0.05, 0) is 270 Å². The molecule has 13 rings (SSSR count). The fourth-order valence-electron chi connectivity index (χ4n) is 17.2. The summed E-state index contributed by atoms with van der Waals surface area (Å²) >= 11 is 18.9. The zero-order valence-electron chi connectivity index (χ0n) is 76.0. The molecule has 3 aromatic heterocycles. The molecule has 128 heavy (non-hydrogen) atoms. The number of nitrogens with one attached hydrogen (secondary N) is 5. The Hall–Kier alpha value is -12.4. The number of ether oxygens (including phenoxy) is 4. The van der Waals surface area contributed by atoms with E-state index in [1.54, 1.807) is 6.92 Å². The number of carboxylic acid groups (broad SMARTS) is 1. The number of ketones is 1. The first-order valence-electron chi connectivity index (χ1n) is 43.1. The van der Waals surface area contributed by atoms with Crippen molar-refractivity contribution in [2.45, 2.75) is 167 Å². The Labute approximate surface area is 763 Å². The van der Waals surface area contributed by atoms with Gasteiger partial charge in [-0.3, -0.25) is 52.4 Å². The van der Waals surface area contributed by atoms with Gasteiger partial charge >= 0.3 is 11.9 Å². The minimum Gasteiger partial charge on any atom is -0.494 e. The number of allylic oxidation sites excluding steroid dienone is 3. The molecule has 0 aliphatic heterocycles. The Kier molecular flexibility index (Phi) is 32.6. The summed E-state index contributed by atoms with van der Waals surface area (Å²) in [5, 5.41) is 38.5. The van der Waals surface area contributed by atoms with Crippen LogP contribution in [-0.2, 0) is 89.9 Å². The van der Waals surface area contributed by atoms with Crippen molar-refractivity contribution in [2.24, 2.45) is 21.1 Å². The number of aromatic nitrogens is 6. The number of fused-ring (bicyclic) bond motifs is 3. The average Bonchev–Trinajstić information content (AvgIpc) is 1.61. The normalized spacial score (nSPS) is 12.6. The molecule has 3 heterocycles. The van der Waals surface area contributed by atoms with Gasteiger partial charge in [-0.2, -0.15) is 15.3 Å². The molecule has 5 amide bonds. The fraction of sp³-hybridized carbons (Fsp3) is 0.356. The summed E-state index contributed by atoms with van der Waals surface area (Å²) in [5.74, 6) is -1.23. The number of hydrogen-bond acceptors (Lipinski definition) is 15. The third-order valence-corrected chi connectivity index (χ3v) is 25.6. The maximum atomic E-state index is 13.9. The molecule has 6 N–H and O–H groups in total. The molecular weight excluding hydrogens is 1680 g/mol. The van der Waals surface area contributed by atoms with E-state index in [2.05, 4.69) is 77.8 Å². The Bertz CT molecular complexity index is 5980. The van der Waals surface area contributed by atoms with Gasteiger partial charge in [-0.25, -0.2) is 0 Å². The molecule has 0 fully saturated rings. The number of carbonyl (C=O) groups is 8. The van der Waals surface area contributed by atoms with Crippen LogP contribution in [0.15, 0.2) is 138 Å². The van der Waals surface area contributed by atoms with Crippen LogP contribution in [0.25, 0.3) is 50.1 Å². The molecule has 1 atom stereocenters. The van der Waals surface area contributed by atoms with Crippen LogP contribution in [0, 0.1) is 83.1 Å². The quantitative estimate of drug-likeness (QED) is 0.0161. The van der Waals surface area contributed by atoms with E-state index in [1.807, 2.05) is 208 Å². The highest BCUT2D eigenvalue weighted by atomic mass is 35.5. The monoisotopic (exact) mass is 1790 g/mol. The smallest absolute Gasteiger partial charge is 0.325 e. The van der Waals surface area contributed by atoms with Gasteiger partial charge in [-0.15, -0.1) is 0 Å². The first-order chi connectivity index (χ1) is 61.1. The Morgan fingerprint density at radius 3 is 1.05 bits per heavy atom. The van der Waals surface area contributed by atoms with E-state index < -0.39 is 36.3 Å². The lowest BCUT2D eigenvalue weighted by atomic mass is 9.93. The van der Waals surface area contributed by atoms with E-state index in [0.29, 0.717) is 107 Å². The number of rotatable bonds is 34. The zero-order chi connectivity index (χ0) is 92.6. The standard InChI is InChI=1S/C40H45ClN4O4.C32H37ClN4O5.C29H32ClN3O4/c1-7-36(46)35(21-28-13-9-8-10-14-28)43-37(47)23-42-40(48)34-22-33-30(15-11-16-32(33)38-26(4)44-45(6)27(38)5)31(34)17-12-18-49-29-19-24(2)39(41)25(3)20-29;1-18-13-22(14-19(2)31(18)33)42-12-8-11-24-23-9-7-10-25(30-20(3)36-37(5)21(30)4)26(23)15-27(24)32(40)35-16-28(38)34-17-29(39)41-6;1-16-12-20(13-17(2)28(16)30)37-11-7-10-22-21-8-6-9-23(27-18(3)32-33(5)19(27)4)24(21)14-25(22)29(36)31-15-26(34)35/h8-11,13-16,19-20,35H,7,12,17-18,21-23H2,1-6H3,(H,42,48)(H,43,47);7,9-10,13-14H,8,11-12,15-17H2,1-6H3,(H,34,38)(H,35,40);6,8-9,12-13H,7,10-11,14-15H2,1-5H3,(H,31,36)(H,34,35)/t35-;;/m0../s1. The maximum Gasteiger partial charge on any atom is 0.325 e. The molecule has 0 saturated carbocycles. The van der Waals surface area contributed by atoms with Crippen LogP contribution < -0.4 is 40.8 Å². The highest BCUT2D eigenvalue weighted by Crippen LogP contribution is 2.47. The average molecular weight is 1800 g/mol. The molecule has 3 aliphatic rings. The van der Waals surface area contributed by atoms with E-state index in [1.165, 1.54) is 7.11 Å². The van der Waals surface area contributed by atoms with Crippen LogP contribution in [0.3, 0.4) is 0 Å². The number of aryl methyl sites for hydroxylation is 12. The van der Waals surface area contributed by atoms with Crippen molar-refractivity contribution in [3.8, 4) is 50.6 Å². The highest BCUT2D eigenvalue weighted by Gasteiger charge is 2.35. The highest BCUT2D eigenvalue weighted by molar-refractivity contribution is 6.33. The number of Topliss-reactive ketones (excluding diaryl/α,β-unsaturated/α-hetero) is 1. The van der Waals surface area contributed by atoms with Crippen LogP contribution in [0.1, 0.15) is 158 Å². The van der Waals surface area contributed by atoms with E-state index >= 15 is 0 Å². The molecule has 0 saturated heterocycles. The van der Waals surface area contributed by atoms with Crippen LogP contribution in [0.4, 0.5) is 0 Å². The lowest BCUT2D eigenvalue weighted by Gasteiger charge is -2.18. The maximum absolute atomic E-state index is 13.9. The number of hydrogen-bond donors (Lipinski definition) is 6. The first kappa shape index (κ1) is 96.3. The molecule has 672 valence electrons. The number of halogens is 3. The Morgan fingerprint density at radius 1 is 0.422 bits per heavy atom. The third kappa shape index (κ3) is 22.9. The van der Waals surface area contributed by atoms with Gasteiger partial charge in [0.25, 0.3) is 0 Å². The van der Waals surface area contributed by atoms with Crippen molar-refractivity contribution >= 4 is 98.8 Å². The summed E-state index contributed by atoms with van der Waals surface area (Å²) in [6.07, 6.45) is 5.92. The minimum absolute atomic E-state index is 0.0561. The van der Waals surface area contributed by atoms with Crippen molar-refractivity contribution in [3.05, 3.63) is 260 Å². The van der Waals surface area contributed by atoms with Crippen LogP contribution in [-0.4, -0.2) is 141 Å². The number of esters is 1. The van der Waals surface area contributed by atoms with Crippen LogP contribution in [0.5, 0.6) is 17.2 Å². The number of nitrogens with zero attached hydrogens (tertiary/aromatic N) is 6. The van der Waals surface area contributed by atoms with Crippen molar-refractivity contribution in [3.63, 3.8) is 0 Å². The topological polar surface area (TPSA) is 307 Å². The zero-order valence-corrected chi connectivity index (χ0v) is 78.3. The second-order valence-electron chi connectivity index (χ2n) is 32.8. The predicted octanol–water partition coefficient (Wildman–Crippen LogP) is 16.9. The summed E-state index contributed by atoms with van der Waals surface area (Å²) < 4.78 is 28.3. The Balaban J connectivity index is 0.000000188. The molecule has 0 unspecified atom stereocenters. The number of methoxy groups -OCH3 is 1. The van der Waals surface area contributed by atoms with Gasteiger partial charge in [0, 0.05) is 112 Å². The van der Waals surface area contributed by atoms with Crippen LogP contribution in [0.2, 0.25) is 15.1 Å². The predicted molar refractivity (Wildman–Crippen MR) is 502 cm³/mol. The minimum atomic E-state index is -1.07.